The highest BCUT2D eigenvalue weighted by atomic mass is 16.5. The van der Waals surface area contributed by atoms with Crippen molar-refractivity contribution in [1.82, 2.24) is 10.2 Å². The summed E-state index contributed by atoms with van der Waals surface area (Å²) in [5.74, 6) is 0.221. The number of carbonyl (C=O) groups is 1. The normalized spacial score (nSPS) is 18.5. The number of nitrogens with zero attached hydrogens (tertiary/aromatic N) is 1. The summed E-state index contributed by atoms with van der Waals surface area (Å²) in [6.07, 6.45) is 2.29. The van der Waals surface area contributed by atoms with E-state index >= 15 is 0 Å². The average Bonchev–Trinajstić information content (AvgIpc) is 2.74. The van der Waals surface area contributed by atoms with Gasteiger partial charge in [0.15, 0.2) is 0 Å². The van der Waals surface area contributed by atoms with Crippen molar-refractivity contribution in [3.63, 3.8) is 0 Å². The van der Waals surface area contributed by atoms with Gasteiger partial charge in [-0.25, -0.2) is 0 Å². The second kappa shape index (κ2) is 6.36. The van der Waals surface area contributed by atoms with E-state index in [1.165, 1.54) is 0 Å². The molecular formula is C13H26N2O2. The van der Waals surface area contributed by atoms with Crippen LogP contribution in [-0.4, -0.2) is 48.7 Å². The smallest absolute Gasteiger partial charge is 0.239 e. The van der Waals surface area contributed by atoms with Gasteiger partial charge in [-0.15, -0.1) is 0 Å². The molecule has 1 heterocycles. The molecule has 1 unspecified atom stereocenters. The fraction of sp³-hybridized carbons (Fsp3) is 0.923. The number of hydrogen-bond donors (Lipinski definition) is 1. The van der Waals surface area contributed by atoms with Crippen molar-refractivity contribution in [2.45, 2.75) is 52.2 Å². The van der Waals surface area contributed by atoms with Gasteiger partial charge in [0.05, 0.1) is 18.2 Å². The van der Waals surface area contributed by atoms with Gasteiger partial charge < -0.3 is 15.0 Å². The lowest BCUT2D eigenvalue weighted by Crippen LogP contribution is -2.44. The van der Waals surface area contributed by atoms with Crippen molar-refractivity contribution in [2.24, 2.45) is 0 Å². The first-order chi connectivity index (χ1) is 7.90. The topological polar surface area (TPSA) is 41.6 Å². The van der Waals surface area contributed by atoms with E-state index in [4.69, 9.17) is 4.74 Å². The molecule has 0 bridgehead atoms. The predicted molar refractivity (Wildman–Crippen MR) is 69.0 cm³/mol. The highest BCUT2D eigenvalue weighted by molar-refractivity contribution is 5.81. The fourth-order valence-corrected chi connectivity index (χ4v) is 1.93. The molecule has 1 aliphatic heterocycles. The summed E-state index contributed by atoms with van der Waals surface area (Å²) in [5, 5.41) is 3.22. The van der Waals surface area contributed by atoms with Crippen molar-refractivity contribution in [2.75, 3.05) is 26.2 Å². The van der Waals surface area contributed by atoms with E-state index < -0.39 is 0 Å². The molecule has 1 aliphatic rings. The molecule has 1 amide bonds. The third-order valence-corrected chi connectivity index (χ3v) is 2.88. The first kappa shape index (κ1) is 14.5. The van der Waals surface area contributed by atoms with Gasteiger partial charge in [0.25, 0.3) is 0 Å². The number of ether oxygens (including phenoxy) is 1. The number of hydrogen-bond acceptors (Lipinski definition) is 3. The first-order valence-electron chi connectivity index (χ1n) is 6.56. The Hall–Kier alpha value is -0.610. The van der Waals surface area contributed by atoms with Crippen LogP contribution < -0.4 is 5.32 Å². The van der Waals surface area contributed by atoms with Crippen LogP contribution in [0, 0.1) is 0 Å². The van der Waals surface area contributed by atoms with Crippen LogP contribution in [-0.2, 0) is 9.53 Å². The molecule has 1 saturated heterocycles. The maximum atomic E-state index is 12.0. The molecule has 1 atom stereocenters. The molecule has 17 heavy (non-hydrogen) atoms. The Morgan fingerprint density at radius 2 is 1.94 bits per heavy atom. The molecule has 0 saturated carbocycles. The standard InChI is InChI=1S/C13H26N2O2/c1-11(12(16)15-8-5-6-9-15)14-7-10-17-13(2,3)4/h11,14H,5-10H2,1-4H3. The highest BCUT2D eigenvalue weighted by Crippen LogP contribution is 2.09. The van der Waals surface area contributed by atoms with E-state index in [-0.39, 0.29) is 17.6 Å². The molecule has 4 nitrogen and oxygen atoms in total. The van der Waals surface area contributed by atoms with Crippen LogP contribution in [0.5, 0.6) is 0 Å². The SMILES string of the molecule is CC(NCCOC(C)(C)C)C(=O)N1CCCC1. The lowest BCUT2D eigenvalue weighted by Gasteiger charge is -2.23. The Morgan fingerprint density at radius 3 is 2.47 bits per heavy atom. The van der Waals surface area contributed by atoms with Crippen LogP contribution in [0.1, 0.15) is 40.5 Å². The quantitative estimate of drug-likeness (QED) is 0.741. The Bertz CT molecular complexity index is 242. The Labute approximate surface area is 105 Å². The lowest BCUT2D eigenvalue weighted by atomic mass is 10.2. The van der Waals surface area contributed by atoms with Crippen molar-refractivity contribution < 1.29 is 9.53 Å². The summed E-state index contributed by atoms with van der Waals surface area (Å²) >= 11 is 0. The monoisotopic (exact) mass is 242 g/mol. The average molecular weight is 242 g/mol. The van der Waals surface area contributed by atoms with Crippen molar-refractivity contribution in [3.05, 3.63) is 0 Å². The number of likely N-dealkylation sites (tertiary alicyclic amines) is 1. The van der Waals surface area contributed by atoms with Crippen LogP contribution in [0.25, 0.3) is 0 Å². The molecule has 100 valence electrons. The number of nitrogens with one attached hydrogen (secondary N) is 1. The van der Waals surface area contributed by atoms with Crippen LogP contribution in [0.4, 0.5) is 0 Å². The van der Waals surface area contributed by atoms with Gasteiger partial charge in [0.1, 0.15) is 0 Å². The highest BCUT2D eigenvalue weighted by Gasteiger charge is 2.22. The third kappa shape index (κ3) is 5.50. The molecule has 0 aromatic carbocycles. The van der Waals surface area contributed by atoms with Crippen LogP contribution >= 0.6 is 0 Å². The molecule has 0 spiro atoms. The van der Waals surface area contributed by atoms with Gasteiger partial charge in [-0.3, -0.25) is 4.79 Å². The Morgan fingerprint density at radius 1 is 1.35 bits per heavy atom. The van der Waals surface area contributed by atoms with Gasteiger partial charge >= 0.3 is 0 Å². The lowest BCUT2D eigenvalue weighted by molar-refractivity contribution is -0.132. The molecule has 0 aliphatic carbocycles. The maximum Gasteiger partial charge on any atom is 0.239 e. The molecule has 1 rings (SSSR count). The number of amides is 1. The summed E-state index contributed by atoms with van der Waals surface area (Å²) in [6.45, 7) is 11.2. The molecular weight excluding hydrogens is 216 g/mol. The van der Waals surface area contributed by atoms with Crippen LogP contribution in [0.15, 0.2) is 0 Å². The number of carbonyl (C=O) groups excluding carboxylic acids is 1. The summed E-state index contributed by atoms with van der Waals surface area (Å²) in [5.41, 5.74) is -0.107. The molecule has 4 heteroatoms. The summed E-state index contributed by atoms with van der Waals surface area (Å²) in [4.78, 5) is 13.9. The van der Waals surface area contributed by atoms with Gasteiger partial charge in [0, 0.05) is 19.6 Å². The molecule has 1 N–H and O–H groups in total. The Kier molecular flexibility index (Phi) is 5.40. The Balaban J connectivity index is 2.16. The molecule has 1 fully saturated rings. The van der Waals surface area contributed by atoms with Crippen molar-refractivity contribution in [3.8, 4) is 0 Å². The minimum Gasteiger partial charge on any atom is -0.375 e. The molecule has 0 aromatic rings. The zero-order valence-electron chi connectivity index (χ0n) is 11.6. The van der Waals surface area contributed by atoms with Crippen molar-refractivity contribution >= 4 is 5.91 Å². The van der Waals surface area contributed by atoms with E-state index in [0.29, 0.717) is 6.61 Å². The van der Waals surface area contributed by atoms with Gasteiger partial charge in [-0.2, -0.15) is 0 Å². The predicted octanol–water partition coefficient (Wildman–Crippen LogP) is 1.40. The van der Waals surface area contributed by atoms with E-state index in [9.17, 15) is 4.79 Å². The van der Waals surface area contributed by atoms with E-state index in [0.717, 1.165) is 32.5 Å². The van der Waals surface area contributed by atoms with Gasteiger partial charge in [-0.1, -0.05) is 0 Å². The zero-order chi connectivity index (χ0) is 12.9. The largest absolute Gasteiger partial charge is 0.375 e. The van der Waals surface area contributed by atoms with E-state index in [2.05, 4.69) is 5.32 Å². The molecule has 0 radical (unpaired) electrons. The second-order valence-electron chi connectivity index (χ2n) is 5.67. The van der Waals surface area contributed by atoms with Gasteiger partial charge in [-0.05, 0) is 40.5 Å². The van der Waals surface area contributed by atoms with Crippen molar-refractivity contribution in [1.29, 1.82) is 0 Å². The first-order valence-corrected chi connectivity index (χ1v) is 6.56. The van der Waals surface area contributed by atoms with Crippen LogP contribution in [0.2, 0.25) is 0 Å². The second-order valence-corrected chi connectivity index (χ2v) is 5.67. The summed E-state index contributed by atoms with van der Waals surface area (Å²) < 4.78 is 5.60. The van der Waals surface area contributed by atoms with E-state index in [1.54, 1.807) is 0 Å². The summed E-state index contributed by atoms with van der Waals surface area (Å²) in [6, 6.07) is -0.100. The minimum absolute atomic E-state index is 0.100. The third-order valence-electron chi connectivity index (χ3n) is 2.88. The zero-order valence-corrected chi connectivity index (χ0v) is 11.6. The summed E-state index contributed by atoms with van der Waals surface area (Å²) in [7, 11) is 0. The maximum absolute atomic E-state index is 12.0. The van der Waals surface area contributed by atoms with Crippen LogP contribution in [0.3, 0.4) is 0 Å². The fourth-order valence-electron chi connectivity index (χ4n) is 1.93. The number of rotatable bonds is 5. The van der Waals surface area contributed by atoms with E-state index in [1.807, 2.05) is 32.6 Å². The molecule has 0 aromatic heterocycles. The van der Waals surface area contributed by atoms with Gasteiger partial charge in [0.2, 0.25) is 5.91 Å². The minimum atomic E-state index is -0.107.